The number of nitro benzene ring substituents is 1. The molecule has 0 saturated carbocycles. The SMILES string of the molecule is O=C(N/N=C\C=C\c1ccccc1[N+](=O)[O-])c1ccc(=O)[nH]n1. The lowest BCUT2D eigenvalue weighted by atomic mass is 10.2. The Hall–Kier alpha value is -3.62. The smallest absolute Gasteiger partial charge is 0.268 e. The first-order chi connectivity index (χ1) is 11.1. The summed E-state index contributed by atoms with van der Waals surface area (Å²) in [5.41, 5.74) is 2.17. The van der Waals surface area contributed by atoms with Crippen LogP contribution in [0.2, 0.25) is 0 Å². The van der Waals surface area contributed by atoms with Crippen molar-refractivity contribution in [3.63, 3.8) is 0 Å². The topological polar surface area (TPSA) is 130 Å². The van der Waals surface area contributed by atoms with Gasteiger partial charge in [-0.3, -0.25) is 19.7 Å². The molecule has 0 aliphatic heterocycles. The van der Waals surface area contributed by atoms with Crippen LogP contribution in [0.1, 0.15) is 16.1 Å². The van der Waals surface area contributed by atoms with Gasteiger partial charge in [0.2, 0.25) is 0 Å². The Balaban J connectivity index is 1.97. The number of rotatable bonds is 5. The minimum Gasteiger partial charge on any atom is -0.268 e. The van der Waals surface area contributed by atoms with Crippen molar-refractivity contribution in [3.8, 4) is 0 Å². The van der Waals surface area contributed by atoms with Crippen molar-refractivity contribution in [2.75, 3.05) is 0 Å². The summed E-state index contributed by atoms with van der Waals surface area (Å²) in [4.78, 5) is 32.8. The van der Waals surface area contributed by atoms with Crippen LogP contribution in [-0.2, 0) is 0 Å². The van der Waals surface area contributed by atoms with Crippen molar-refractivity contribution in [1.29, 1.82) is 0 Å². The van der Waals surface area contributed by atoms with E-state index in [0.29, 0.717) is 5.56 Å². The van der Waals surface area contributed by atoms with E-state index in [0.717, 1.165) is 0 Å². The minimum atomic E-state index is -0.600. The second-order valence-electron chi connectivity index (χ2n) is 4.20. The molecule has 0 fully saturated rings. The van der Waals surface area contributed by atoms with Crippen molar-refractivity contribution in [3.05, 3.63) is 74.2 Å². The maximum Gasteiger partial charge on any atom is 0.291 e. The molecule has 0 bridgehead atoms. The number of hydrogen-bond acceptors (Lipinski definition) is 6. The third-order valence-corrected chi connectivity index (χ3v) is 2.65. The number of aromatic nitrogens is 2. The van der Waals surface area contributed by atoms with E-state index in [1.165, 1.54) is 36.6 Å². The second kappa shape index (κ2) is 7.41. The number of amides is 1. The summed E-state index contributed by atoms with van der Waals surface area (Å²) in [7, 11) is 0. The molecule has 116 valence electrons. The molecule has 1 heterocycles. The Labute approximate surface area is 129 Å². The number of H-pyrrole nitrogens is 1. The van der Waals surface area contributed by atoms with Gasteiger partial charge in [-0.15, -0.1) is 0 Å². The van der Waals surface area contributed by atoms with Gasteiger partial charge in [0.1, 0.15) is 0 Å². The van der Waals surface area contributed by atoms with Crippen molar-refractivity contribution in [2.24, 2.45) is 5.10 Å². The number of nitrogens with zero attached hydrogens (tertiary/aromatic N) is 3. The summed E-state index contributed by atoms with van der Waals surface area (Å²) < 4.78 is 0. The van der Waals surface area contributed by atoms with Gasteiger partial charge in [-0.2, -0.15) is 10.2 Å². The largest absolute Gasteiger partial charge is 0.291 e. The molecule has 0 radical (unpaired) electrons. The molecule has 0 unspecified atom stereocenters. The summed E-state index contributed by atoms with van der Waals surface area (Å²) in [6, 6.07) is 8.65. The summed E-state index contributed by atoms with van der Waals surface area (Å²) in [5, 5.41) is 20.1. The van der Waals surface area contributed by atoms with Gasteiger partial charge in [0.05, 0.1) is 10.5 Å². The highest BCUT2D eigenvalue weighted by atomic mass is 16.6. The molecule has 23 heavy (non-hydrogen) atoms. The van der Waals surface area contributed by atoms with E-state index < -0.39 is 16.4 Å². The number of nitro groups is 1. The number of nitrogens with one attached hydrogen (secondary N) is 2. The highest BCUT2D eigenvalue weighted by Crippen LogP contribution is 2.18. The van der Waals surface area contributed by atoms with Gasteiger partial charge in [-0.05, 0) is 24.3 Å². The molecule has 0 aliphatic rings. The molecule has 2 N–H and O–H groups in total. The van der Waals surface area contributed by atoms with Gasteiger partial charge in [0.25, 0.3) is 17.2 Å². The Kier molecular flexibility index (Phi) is 5.08. The van der Waals surface area contributed by atoms with E-state index in [9.17, 15) is 19.7 Å². The van der Waals surface area contributed by atoms with Crippen LogP contribution in [-0.4, -0.2) is 27.2 Å². The van der Waals surface area contributed by atoms with Crippen LogP contribution in [0, 0.1) is 10.1 Å². The minimum absolute atomic E-state index is 0.00410. The molecule has 1 aromatic carbocycles. The number of hydrazone groups is 1. The summed E-state index contributed by atoms with van der Waals surface area (Å²) in [6.45, 7) is 0. The van der Waals surface area contributed by atoms with E-state index in [4.69, 9.17) is 0 Å². The molecular weight excluding hydrogens is 302 g/mol. The fourth-order valence-electron chi connectivity index (χ4n) is 1.61. The fraction of sp³-hybridized carbons (Fsp3) is 0. The Morgan fingerprint density at radius 2 is 2.09 bits per heavy atom. The van der Waals surface area contributed by atoms with Crippen LogP contribution in [0.3, 0.4) is 0 Å². The van der Waals surface area contributed by atoms with Gasteiger partial charge >= 0.3 is 0 Å². The zero-order chi connectivity index (χ0) is 16.7. The van der Waals surface area contributed by atoms with Crippen LogP contribution in [0.25, 0.3) is 6.08 Å². The average Bonchev–Trinajstić information content (AvgIpc) is 2.55. The van der Waals surface area contributed by atoms with Gasteiger partial charge in [-0.1, -0.05) is 12.1 Å². The zero-order valence-corrected chi connectivity index (χ0v) is 11.7. The third kappa shape index (κ3) is 4.43. The first-order valence-electron chi connectivity index (χ1n) is 6.37. The van der Waals surface area contributed by atoms with E-state index >= 15 is 0 Å². The lowest BCUT2D eigenvalue weighted by Crippen LogP contribution is -2.21. The molecular formula is C14H11N5O4. The van der Waals surface area contributed by atoms with Crippen molar-refractivity contribution < 1.29 is 9.72 Å². The Morgan fingerprint density at radius 3 is 2.78 bits per heavy atom. The van der Waals surface area contributed by atoms with E-state index in [1.54, 1.807) is 18.2 Å². The number of carbonyl (C=O) groups excluding carboxylic acids is 1. The standard InChI is InChI=1S/C14H11N5O4/c20-13-8-7-11(16-17-13)14(21)18-15-9-3-5-10-4-1-2-6-12(10)19(22)23/h1-9H,(H,17,20)(H,18,21)/b5-3+,15-9-. The molecule has 0 saturated heterocycles. The average molecular weight is 313 g/mol. The van der Waals surface area contributed by atoms with E-state index in [1.807, 2.05) is 0 Å². The maximum absolute atomic E-state index is 11.6. The van der Waals surface area contributed by atoms with Gasteiger partial charge < -0.3 is 0 Å². The number of para-hydroxylation sites is 1. The van der Waals surface area contributed by atoms with Crippen LogP contribution in [0.4, 0.5) is 5.69 Å². The normalized spacial score (nSPS) is 11.0. The number of allylic oxidation sites excluding steroid dienone is 1. The van der Waals surface area contributed by atoms with E-state index in [2.05, 4.69) is 20.7 Å². The molecule has 0 spiro atoms. The summed E-state index contributed by atoms with van der Waals surface area (Å²) in [5.74, 6) is -0.600. The van der Waals surface area contributed by atoms with Gasteiger partial charge in [0, 0.05) is 18.3 Å². The highest BCUT2D eigenvalue weighted by molar-refractivity contribution is 5.92. The van der Waals surface area contributed by atoms with E-state index in [-0.39, 0.29) is 11.4 Å². The van der Waals surface area contributed by atoms with Crippen LogP contribution in [0.5, 0.6) is 0 Å². The number of benzene rings is 1. The first kappa shape index (κ1) is 15.8. The summed E-state index contributed by atoms with van der Waals surface area (Å²) >= 11 is 0. The molecule has 0 aliphatic carbocycles. The molecule has 0 atom stereocenters. The lowest BCUT2D eigenvalue weighted by molar-refractivity contribution is -0.385. The predicted octanol–water partition coefficient (Wildman–Crippen LogP) is 1.11. The number of carbonyl (C=O) groups is 1. The Morgan fingerprint density at radius 1 is 1.30 bits per heavy atom. The lowest BCUT2D eigenvalue weighted by Gasteiger charge is -1.96. The Bertz CT molecular complexity index is 821. The zero-order valence-electron chi connectivity index (χ0n) is 11.7. The van der Waals surface area contributed by atoms with Crippen molar-refractivity contribution in [2.45, 2.75) is 0 Å². The van der Waals surface area contributed by atoms with Gasteiger partial charge in [0.15, 0.2) is 5.69 Å². The molecule has 9 heteroatoms. The van der Waals surface area contributed by atoms with Crippen LogP contribution < -0.4 is 11.0 Å². The second-order valence-corrected chi connectivity index (χ2v) is 4.20. The van der Waals surface area contributed by atoms with Crippen LogP contribution >= 0.6 is 0 Å². The predicted molar refractivity (Wildman–Crippen MR) is 82.9 cm³/mol. The maximum atomic E-state index is 11.6. The van der Waals surface area contributed by atoms with Gasteiger partial charge in [-0.25, -0.2) is 10.5 Å². The summed E-state index contributed by atoms with van der Waals surface area (Å²) in [6.07, 6.45) is 4.20. The number of aromatic amines is 1. The monoisotopic (exact) mass is 313 g/mol. The highest BCUT2D eigenvalue weighted by Gasteiger charge is 2.08. The molecule has 9 nitrogen and oxygen atoms in total. The third-order valence-electron chi connectivity index (χ3n) is 2.65. The molecule has 2 rings (SSSR count). The van der Waals surface area contributed by atoms with Crippen LogP contribution in [0.15, 0.2) is 52.4 Å². The van der Waals surface area contributed by atoms with Crippen molar-refractivity contribution >= 4 is 23.9 Å². The first-order valence-corrected chi connectivity index (χ1v) is 6.37. The number of hydrogen-bond donors (Lipinski definition) is 2. The fourth-order valence-corrected chi connectivity index (χ4v) is 1.61. The quantitative estimate of drug-likeness (QED) is 0.485. The molecule has 1 amide bonds. The van der Waals surface area contributed by atoms with Crippen molar-refractivity contribution in [1.82, 2.24) is 15.6 Å². The molecule has 2 aromatic rings. The molecule has 1 aromatic heterocycles.